The summed E-state index contributed by atoms with van der Waals surface area (Å²) in [5.41, 5.74) is 8.10. The Morgan fingerprint density at radius 1 is 1.42 bits per heavy atom. The molecule has 0 bridgehead atoms. The summed E-state index contributed by atoms with van der Waals surface area (Å²) in [6, 6.07) is 6.09. The zero-order chi connectivity index (χ0) is 13.5. The van der Waals surface area contributed by atoms with E-state index in [0.717, 1.165) is 24.3 Å². The molecule has 0 spiro atoms. The largest absolute Gasteiger partial charge is 0.479 e. The number of nitrogens with two attached hydrogens (primary N) is 1. The Morgan fingerprint density at radius 2 is 2.16 bits per heavy atom. The molecule has 102 valence electrons. The fraction of sp³-hybridized carbons (Fsp3) is 0.533. The number of carbonyl (C=O) groups is 1. The summed E-state index contributed by atoms with van der Waals surface area (Å²) in [6.45, 7) is 2.42. The van der Waals surface area contributed by atoms with Gasteiger partial charge in [-0.1, -0.05) is 18.9 Å². The van der Waals surface area contributed by atoms with E-state index in [4.69, 9.17) is 10.5 Å². The highest BCUT2D eigenvalue weighted by Gasteiger charge is 2.35. The van der Waals surface area contributed by atoms with Crippen LogP contribution in [0.4, 0.5) is 5.69 Å². The van der Waals surface area contributed by atoms with Crippen LogP contribution in [0.5, 0.6) is 5.75 Å². The molecule has 3 N–H and O–H groups in total. The van der Waals surface area contributed by atoms with E-state index >= 15 is 0 Å². The van der Waals surface area contributed by atoms with Crippen molar-refractivity contribution in [2.24, 2.45) is 5.73 Å². The van der Waals surface area contributed by atoms with Gasteiger partial charge in [-0.15, -0.1) is 0 Å². The molecule has 1 saturated carbocycles. The first kappa shape index (κ1) is 12.5. The van der Waals surface area contributed by atoms with E-state index in [1.807, 2.05) is 12.1 Å². The van der Waals surface area contributed by atoms with Gasteiger partial charge in [-0.3, -0.25) is 4.79 Å². The minimum absolute atomic E-state index is 0.0853. The number of ether oxygens (including phenoxy) is 1. The molecule has 1 aliphatic carbocycles. The molecule has 1 aliphatic heterocycles. The fourth-order valence-electron chi connectivity index (χ4n) is 3.20. The maximum Gasteiger partial charge on any atom is 0.265 e. The molecular formula is C15H20N2O2. The van der Waals surface area contributed by atoms with Gasteiger partial charge in [-0.05, 0) is 37.5 Å². The first-order chi connectivity index (χ1) is 9.14. The quantitative estimate of drug-likeness (QED) is 0.856. The number of benzene rings is 1. The molecule has 19 heavy (non-hydrogen) atoms. The smallest absolute Gasteiger partial charge is 0.265 e. The van der Waals surface area contributed by atoms with Gasteiger partial charge in [-0.25, -0.2) is 0 Å². The van der Waals surface area contributed by atoms with Crippen molar-refractivity contribution in [1.82, 2.24) is 0 Å². The van der Waals surface area contributed by atoms with Crippen molar-refractivity contribution in [2.45, 2.75) is 44.1 Å². The van der Waals surface area contributed by atoms with Crippen LogP contribution in [0.1, 0.15) is 38.2 Å². The van der Waals surface area contributed by atoms with E-state index in [2.05, 4.69) is 11.4 Å². The summed E-state index contributed by atoms with van der Waals surface area (Å²) < 4.78 is 5.58. The summed E-state index contributed by atoms with van der Waals surface area (Å²) in [7, 11) is 0. The topological polar surface area (TPSA) is 64.3 Å². The van der Waals surface area contributed by atoms with Gasteiger partial charge in [0.05, 0.1) is 5.69 Å². The van der Waals surface area contributed by atoms with E-state index < -0.39 is 6.10 Å². The minimum Gasteiger partial charge on any atom is -0.479 e. The molecule has 1 heterocycles. The molecule has 2 aliphatic rings. The molecule has 1 aromatic carbocycles. The maximum atomic E-state index is 11.7. The van der Waals surface area contributed by atoms with E-state index in [9.17, 15) is 4.79 Å². The lowest BCUT2D eigenvalue weighted by Gasteiger charge is -2.30. The average molecular weight is 260 g/mol. The Balaban J connectivity index is 1.97. The molecule has 4 nitrogen and oxygen atoms in total. The number of carbonyl (C=O) groups excluding carboxylic acids is 1. The van der Waals surface area contributed by atoms with Crippen molar-refractivity contribution in [1.29, 1.82) is 0 Å². The monoisotopic (exact) mass is 260 g/mol. The van der Waals surface area contributed by atoms with Crippen LogP contribution < -0.4 is 15.8 Å². The van der Waals surface area contributed by atoms with Crippen LogP contribution in [0.3, 0.4) is 0 Å². The van der Waals surface area contributed by atoms with E-state index in [-0.39, 0.29) is 11.3 Å². The molecule has 3 rings (SSSR count). The number of rotatable bonds is 2. The molecule has 1 unspecified atom stereocenters. The molecule has 4 heteroatoms. The van der Waals surface area contributed by atoms with Gasteiger partial charge in [0.25, 0.3) is 5.91 Å². The fourth-order valence-corrected chi connectivity index (χ4v) is 3.20. The minimum atomic E-state index is -0.423. The standard InChI is InChI=1S/C15H20N2O2/c1-10-14(18)17-12-8-11(4-5-13(12)19-10)15(9-16)6-2-3-7-15/h4-5,8,10H,2-3,6-7,9,16H2,1H3,(H,17,18). The predicted molar refractivity (Wildman–Crippen MR) is 74.4 cm³/mol. The second kappa shape index (κ2) is 4.53. The van der Waals surface area contributed by atoms with Crippen molar-refractivity contribution < 1.29 is 9.53 Å². The SMILES string of the molecule is CC1Oc2ccc(C3(CN)CCCC3)cc2NC1=O. The Kier molecular flexibility index (Phi) is 2.97. The van der Waals surface area contributed by atoms with Crippen molar-refractivity contribution in [3.63, 3.8) is 0 Å². The Morgan fingerprint density at radius 3 is 2.84 bits per heavy atom. The first-order valence-electron chi connectivity index (χ1n) is 6.97. The number of amides is 1. The molecule has 0 aromatic heterocycles. The van der Waals surface area contributed by atoms with Gasteiger partial charge in [0.1, 0.15) is 5.75 Å². The molecule has 1 aromatic rings. The van der Waals surface area contributed by atoms with Gasteiger partial charge >= 0.3 is 0 Å². The summed E-state index contributed by atoms with van der Waals surface area (Å²) in [6.07, 6.45) is 4.30. The van der Waals surface area contributed by atoms with Crippen LogP contribution in [0.2, 0.25) is 0 Å². The number of hydrogen-bond acceptors (Lipinski definition) is 3. The summed E-state index contributed by atoms with van der Waals surface area (Å²) >= 11 is 0. The van der Waals surface area contributed by atoms with Crippen LogP contribution in [-0.2, 0) is 10.2 Å². The van der Waals surface area contributed by atoms with E-state index in [1.54, 1.807) is 6.92 Å². The molecule has 1 amide bonds. The number of fused-ring (bicyclic) bond motifs is 1. The highest BCUT2D eigenvalue weighted by atomic mass is 16.5. The van der Waals surface area contributed by atoms with Crippen molar-refractivity contribution in [3.8, 4) is 5.75 Å². The highest BCUT2D eigenvalue weighted by Crippen LogP contribution is 2.43. The average Bonchev–Trinajstić information content (AvgIpc) is 2.89. The lowest BCUT2D eigenvalue weighted by atomic mass is 9.79. The lowest BCUT2D eigenvalue weighted by Crippen LogP contribution is -2.35. The van der Waals surface area contributed by atoms with Crippen LogP contribution in [0, 0.1) is 0 Å². The van der Waals surface area contributed by atoms with Gasteiger partial charge in [0, 0.05) is 12.0 Å². The number of anilines is 1. The molecular weight excluding hydrogens is 240 g/mol. The molecule has 1 atom stereocenters. The number of hydrogen-bond donors (Lipinski definition) is 2. The van der Waals surface area contributed by atoms with Gasteiger partial charge in [0.2, 0.25) is 0 Å². The molecule has 0 radical (unpaired) electrons. The third-order valence-corrected chi connectivity index (χ3v) is 4.47. The predicted octanol–water partition coefficient (Wildman–Crippen LogP) is 2.18. The molecule has 0 saturated heterocycles. The number of nitrogens with one attached hydrogen (secondary N) is 1. The first-order valence-corrected chi connectivity index (χ1v) is 6.97. The second-order valence-electron chi connectivity index (χ2n) is 5.65. The third-order valence-electron chi connectivity index (χ3n) is 4.47. The van der Waals surface area contributed by atoms with Crippen LogP contribution in [-0.4, -0.2) is 18.6 Å². The lowest BCUT2D eigenvalue weighted by molar-refractivity contribution is -0.122. The van der Waals surface area contributed by atoms with E-state index in [0.29, 0.717) is 6.54 Å². The van der Waals surface area contributed by atoms with Crippen LogP contribution in [0.25, 0.3) is 0 Å². The van der Waals surface area contributed by atoms with Crippen molar-refractivity contribution in [3.05, 3.63) is 23.8 Å². The zero-order valence-electron chi connectivity index (χ0n) is 11.2. The van der Waals surface area contributed by atoms with Crippen LogP contribution in [0.15, 0.2) is 18.2 Å². The maximum absolute atomic E-state index is 11.7. The Labute approximate surface area is 113 Å². The zero-order valence-corrected chi connectivity index (χ0v) is 11.2. The van der Waals surface area contributed by atoms with Crippen molar-refractivity contribution in [2.75, 3.05) is 11.9 Å². The summed E-state index contributed by atoms with van der Waals surface area (Å²) in [4.78, 5) is 11.7. The summed E-state index contributed by atoms with van der Waals surface area (Å²) in [5, 5.41) is 2.91. The van der Waals surface area contributed by atoms with Gasteiger partial charge in [0.15, 0.2) is 6.10 Å². The Bertz CT molecular complexity index is 507. The third kappa shape index (κ3) is 2.00. The van der Waals surface area contributed by atoms with Gasteiger partial charge < -0.3 is 15.8 Å². The van der Waals surface area contributed by atoms with Gasteiger partial charge in [-0.2, -0.15) is 0 Å². The Hall–Kier alpha value is -1.55. The second-order valence-corrected chi connectivity index (χ2v) is 5.65. The van der Waals surface area contributed by atoms with Crippen molar-refractivity contribution >= 4 is 11.6 Å². The van der Waals surface area contributed by atoms with Crippen LogP contribution >= 0.6 is 0 Å². The molecule has 1 fully saturated rings. The highest BCUT2D eigenvalue weighted by molar-refractivity contribution is 5.97. The van der Waals surface area contributed by atoms with E-state index in [1.165, 1.54) is 18.4 Å². The normalized spacial score (nSPS) is 24.5. The summed E-state index contributed by atoms with van der Waals surface area (Å²) in [5.74, 6) is 0.666.